The van der Waals surface area contributed by atoms with Gasteiger partial charge in [0.05, 0.1) is 12.9 Å². The van der Waals surface area contributed by atoms with Crippen LogP contribution < -0.4 is 10.6 Å². The van der Waals surface area contributed by atoms with E-state index in [9.17, 15) is 9.59 Å². The van der Waals surface area contributed by atoms with E-state index in [-0.39, 0.29) is 30.3 Å². The molecular weight excluding hydrogens is 402 g/mol. The van der Waals surface area contributed by atoms with Gasteiger partial charge in [-0.05, 0) is 26.7 Å². The van der Waals surface area contributed by atoms with Crippen molar-refractivity contribution in [3.63, 3.8) is 0 Å². The first kappa shape index (κ1) is 22.6. The van der Waals surface area contributed by atoms with E-state index in [1.54, 1.807) is 9.47 Å². The number of hydrogen-bond acceptors (Lipinski definition) is 9. The van der Waals surface area contributed by atoms with Crippen LogP contribution in [-0.2, 0) is 20.8 Å². The number of anilines is 2. The standard InChI is InChI=1S/C20H31N7O4/c1-13(2)11-30-14(28)10-27-12-22-17-15(27)16(21)23-18(24-17)25-6-8-26(9-7-25)19(29)31-20(3,4)5/h12-13H,6-11H2,1-5H3,(H2,21,23,24). The van der Waals surface area contributed by atoms with Crippen LogP contribution in [0.5, 0.6) is 0 Å². The lowest BCUT2D eigenvalue weighted by molar-refractivity contribution is -0.145. The Balaban J connectivity index is 1.67. The van der Waals surface area contributed by atoms with Crippen LogP contribution in [0.15, 0.2) is 6.33 Å². The molecule has 3 rings (SSSR count). The molecular formula is C20H31N7O4. The number of ether oxygens (including phenoxy) is 2. The highest BCUT2D eigenvalue weighted by Gasteiger charge is 2.27. The van der Waals surface area contributed by atoms with Crippen molar-refractivity contribution >= 4 is 35.0 Å². The van der Waals surface area contributed by atoms with Gasteiger partial charge in [-0.3, -0.25) is 4.79 Å². The van der Waals surface area contributed by atoms with Crippen LogP contribution in [0.4, 0.5) is 16.6 Å². The highest BCUT2D eigenvalue weighted by molar-refractivity contribution is 5.84. The third kappa shape index (κ3) is 5.74. The van der Waals surface area contributed by atoms with E-state index < -0.39 is 5.60 Å². The quantitative estimate of drug-likeness (QED) is 0.700. The van der Waals surface area contributed by atoms with Gasteiger partial charge in [0.15, 0.2) is 11.5 Å². The Hall–Kier alpha value is -3.11. The van der Waals surface area contributed by atoms with Gasteiger partial charge in [-0.1, -0.05) is 13.8 Å². The van der Waals surface area contributed by atoms with Gasteiger partial charge in [-0.2, -0.15) is 9.97 Å². The first-order chi connectivity index (χ1) is 14.5. The van der Waals surface area contributed by atoms with Crippen LogP contribution in [0.25, 0.3) is 11.2 Å². The molecule has 11 nitrogen and oxygen atoms in total. The number of hydrogen-bond donors (Lipinski definition) is 1. The molecule has 1 aliphatic rings. The predicted octanol–water partition coefficient (Wildman–Crippen LogP) is 1.66. The van der Waals surface area contributed by atoms with Gasteiger partial charge in [0.1, 0.15) is 17.7 Å². The summed E-state index contributed by atoms with van der Waals surface area (Å²) in [5.41, 5.74) is 6.55. The molecule has 1 saturated heterocycles. The summed E-state index contributed by atoms with van der Waals surface area (Å²) in [7, 11) is 0. The zero-order chi connectivity index (χ0) is 22.8. The van der Waals surface area contributed by atoms with E-state index in [1.807, 2.05) is 39.5 Å². The Kier molecular flexibility index (Phi) is 6.51. The van der Waals surface area contributed by atoms with Gasteiger partial charge in [-0.25, -0.2) is 9.78 Å². The zero-order valence-corrected chi connectivity index (χ0v) is 18.8. The normalized spacial score (nSPS) is 14.9. The van der Waals surface area contributed by atoms with Crippen molar-refractivity contribution in [2.45, 2.75) is 46.8 Å². The molecule has 2 aromatic heterocycles. The zero-order valence-electron chi connectivity index (χ0n) is 18.8. The van der Waals surface area contributed by atoms with Gasteiger partial charge in [0.25, 0.3) is 0 Å². The lowest BCUT2D eigenvalue weighted by atomic mass is 10.2. The van der Waals surface area contributed by atoms with Crippen molar-refractivity contribution in [2.75, 3.05) is 43.4 Å². The molecule has 0 atom stereocenters. The van der Waals surface area contributed by atoms with Crippen molar-refractivity contribution in [2.24, 2.45) is 5.92 Å². The van der Waals surface area contributed by atoms with Gasteiger partial charge in [0.2, 0.25) is 5.95 Å². The second kappa shape index (κ2) is 8.94. The fraction of sp³-hybridized carbons (Fsp3) is 0.650. The van der Waals surface area contributed by atoms with E-state index in [1.165, 1.54) is 6.33 Å². The summed E-state index contributed by atoms with van der Waals surface area (Å²) in [6.07, 6.45) is 1.18. The number of esters is 1. The molecule has 0 radical (unpaired) electrons. The van der Waals surface area contributed by atoms with Crippen molar-refractivity contribution in [3.05, 3.63) is 6.33 Å². The molecule has 1 aliphatic heterocycles. The summed E-state index contributed by atoms with van der Waals surface area (Å²) in [6, 6.07) is 0. The van der Waals surface area contributed by atoms with E-state index in [2.05, 4.69) is 15.0 Å². The number of carbonyl (C=O) groups is 2. The van der Waals surface area contributed by atoms with Crippen LogP contribution in [0.2, 0.25) is 0 Å². The number of nitrogen functional groups attached to an aromatic ring is 1. The van der Waals surface area contributed by atoms with E-state index in [0.717, 1.165) is 0 Å². The highest BCUT2D eigenvalue weighted by atomic mass is 16.6. The first-order valence-electron chi connectivity index (χ1n) is 10.4. The van der Waals surface area contributed by atoms with Gasteiger partial charge < -0.3 is 29.6 Å². The maximum absolute atomic E-state index is 12.2. The third-order valence-corrected chi connectivity index (χ3v) is 4.58. The van der Waals surface area contributed by atoms with Crippen molar-refractivity contribution in [1.29, 1.82) is 0 Å². The largest absolute Gasteiger partial charge is 0.464 e. The number of carbonyl (C=O) groups excluding carboxylic acids is 2. The van der Waals surface area contributed by atoms with Gasteiger partial charge in [0, 0.05) is 26.2 Å². The fourth-order valence-corrected chi connectivity index (χ4v) is 3.12. The van der Waals surface area contributed by atoms with Crippen molar-refractivity contribution < 1.29 is 19.1 Å². The van der Waals surface area contributed by atoms with Crippen molar-refractivity contribution in [1.82, 2.24) is 24.4 Å². The maximum atomic E-state index is 12.2. The molecule has 11 heteroatoms. The summed E-state index contributed by atoms with van der Waals surface area (Å²) in [5.74, 6) is 0.579. The maximum Gasteiger partial charge on any atom is 0.410 e. The van der Waals surface area contributed by atoms with Crippen LogP contribution >= 0.6 is 0 Å². The molecule has 0 aromatic carbocycles. The topological polar surface area (TPSA) is 129 Å². The average Bonchev–Trinajstić information content (AvgIpc) is 3.08. The number of fused-ring (bicyclic) bond motifs is 1. The summed E-state index contributed by atoms with van der Waals surface area (Å²) in [4.78, 5) is 41.1. The van der Waals surface area contributed by atoms with Crippen molar-refractivity contribution in [3.8, 4) is 0 Å². The molecule has 0 spiro atoms. The Morgan fingerprint density at radius 1 is 1.16 bits per heavy atom. The number of imidazole rings is 1. The Morgan fingerprint density at radius 3 is 2.45 bits per heavy atom. The third-order valence-electron chi connectivity index (χ3n) is 4.58. The second-order valence-corrected chi connectivity index (χ2v) is 8.98. The molecule has 0 bridgehead atoms. The Morgan fingerprint density at radius 2 is 1.84 bits per heavy atom. The van der Waals surface area contributed by atoms with E-state index in [4.69, 9.17) is 15.2 Å². The molecule has 1 fully saturated rings. The lowest BCUT2D eigenvalue weighted by Crippen LogP contribution is -2.50. The summed E-state index contributed by atoms with van der Waals surface area (Å²) < 4.78 is 12.2. The average molecular weight is 434 g/mol. The first-order valence-corrected chi connectivity index (χ1v) is 10.4. The van der Waals surface area contributed by atoms with E-state index in [0.29, 0.717) is 49.9 Å². The molecule has 2 aromatic rings. The van der Waals surface area contributed by atoms with E-state index >= 15 is 0 Å². The molecule has 1 amide bonds. The number of aromatic nitrogens is 4. The van der Waals surface area contributed by atoms with Gasteiger partial charge >= 0.3 is 12.1 Å². The van der Waals surface area contributed by atoms with Crippen LogP contribution in [0.3, 0.4) is 0 Å². The molecule has 0 aliphatic carbocycles. The lowest BCUT2D eigenvalue weighted by Gasteiger charge is -2.35. The molecule has 0 unspecified atom stereocenters. The highest BCUT2D eigenvalue weighted by Crippen LogP contribution is 2.22. The number of rotatable bonds is 5. The molecule has 3 heterocycles. The Bertz CT molecular complexity index is 943. The number of nitrogens with zero attached hydrogens (tertiary/aromatic N) is 6. The number of amides is 1. The fourth-order valence-electron chi connectivity index (χ4n) is 3.12. The minimum Gasteiger partial charge on any atom is -0.464 e. The SMILES string of the molecule is CC(C)COC(=O)Cn1cnc2nc(N3CCN(C(=O)OC(C)(C)C)CC3)nc(N)c21. The summed E-state index contributed by atoms with van der Waals surface area (Å²) >= 11 is 0. The minimum absolute atomic E-state index is 0.00924. The van der Waals surface area contributed by atoms with Crippen LogP contribution in [0, 0.1) is 5.92 Å². The molecule has 0 saturated carbocycles. The molecule has 31 heavy (non-hydrogen) atoms. The Labute approximate surface area is 181 Å². The monoisotopic (exact) mass is 433 g/mol. The van der Waals surface area contributed by atoms with Gasteiger partial charge in [-0.15, -0.1) is 0 Å². The second-order valence-electron chi connectivity index (χ2n) is 8.98. The summed E-state index contributed by atoms with van der Waals surface area (Å²) in [6.45, 7) is 11.9. The summed E-state index contributed by atoms with van der Waals surface area (Å²) in [5, 5.41) is 0. The molecule has 2 N–H and O–H groups in total. The number of nitrogens with two attached hydrogens (primary N) is 1. The van der Waals surface area contributed by atoms with Crippen LogP contribution in [-0.4, -0.2) is 74.9 Å². The predicted molar refractivity (Wildman–Crippen MR) is 116 cm³/mol. The molecule has 170 valence electrons. The smallest absolute Gasteiger partial charge is 0.410 e. The van der Waals surface area contributed by atoms with Crippen LogP contribution in [0.1, 0.15) is 34.6 Å². The minimum atomic E-state index is -0.531. The number of piperazine rings is 1.